The van der Waals surface area contributed by atoms with Crippen molar-refractivity contribution in [2.45, 2.75) is 79.1 Å². The lowest BCUT2D eigenvalue weighted by molar-refractivity contribution is 0.304. The third-order valence-corrected chi connectivity index (χ3v) is 5.43. The van der Waals surface area contributed by atoms with Gasteiger partial charge in [-0.3, -0.25) is 4.79 Å². The number of aromatic nitrogens is 1. The number of unbranched alkanes of at least 4 members (excludes halogenated alkanes) is 5. The Hall–Kier alpha value is -2.69. The standard InChI is InChI=1S/C27H39NO4/c1-5-6-7-8-9-10-17-31-22-14-15-23-24(19-22)28-27(30)26(25(23)29)32-18-16-21(4)13-11-12-20(2)3/h12,14-16,19H,5-11,13,17-18H2,1-4H3,(H2,28,29,30)/b21-16+. The Morgan fingerprint density at radius 1 is 1.03 bits per heavy atom. The maximum atomic E-state index is 12.5. The van der Waals surface area contributed by atoms with Crippen LogP contribution in [-0.2, 0) is 0 Å². The lowest BCUT2D eigenvalue weighted by Gasteiger charge is -2.11. The lowest BCUT2D eigenvalue weighted by atomic mass is 10.1. The van der Waals surface area contributed by atoms with Crippen molar-refractivity contribution >= 4 is 10.9 Å². The molecule has 1 aromatic heterocycles. The van der Waals surface area contributed by atoms with Crippen molar-refractivity contribution in [3.63, 3.8) is 0 Å². The van der Waals surface area contributed by atoms with Crippen LogP contribution in [0, 0.1) is 0 Å². The van der Waals surface area contributed by atoms with Crippen molar-refractivity contribution in [3.05, 3.63) is 51.9 Å². The second kappa shape index (κ2) is 13.7. The first-order valence-electron chi connectivity index (χ1n) is 11.9. The van der Waals surface area contributed by atoms with Gasteiger partial charge in [-0.1, -0.05) is 56.3 Å². The fraction of sp³-hybridized carbons (Fsp3) is 0.519. The molecule has 2 rings (SSSR count). The minimum atomic E-state index is -0.446. The molecule has 176 valence electrons. The van der Waals surface area contributed by atoms with Crippen LogP contribution < -0.4 is 15.0 Å². The van der Waals surface area contributed by atoms with Gasteiger partial charge in [0.1, 0.15) is 12.4 Å². The van der Waals surface area contributed by atoms with E-state index in [2.05, 4.69) is 31.8 Å². The van der Waals surface area contributed by atoms with Crippen molar-refractivity contribution in [2.24, 2.45) is 0 Å². The number of hydrogen-bond donors (Lipinski definition) is 2. The maximum absolute atomic E-state index is 12.5. The summed E-state index contributed by atoms with van der Waals surface area (Å²) in [5, 5.41) is 11.1. The molecule has 1 heterocycles. The van der Waals surface area contributed by atoms with Gasteiger partial charge in [0.25, 0.3) is 5.56 Å². The third kappa shape index (κ3) is 8.45. The molecule has 0 amide bonds. The van der Waals surface area contributed by atoms with E-state index in [0.717, 1.165) is 25.7 Å². The number of ether oxygens (including phenoxy) is 2. The van der Waals surface area contributed by atoms with Gasteiger partial charge in [0.2, 0.25) is 5.75 Å². The number of nitrogens with one attached hydrogen (secondary N) is 1. The summed E-state index contributed by atoms with van der Waals surface area (Å²) in [6.45, 7) is 9.31. The molecular formula is C27H39NO4. The molecule has 2 N–H and O–H groups in total. The van der Waals surface area contributed by atoms with E-state index in [4.69, 9.17) is 9.47 Å². The number of rotatable bonds is 14. The van der Waals surface area contributed by atoms with Gasteiger partial charge < -0.3 is 19.6 Å². The highest BCUT2D eigenvalue weighted by Crippen LogP contribution is 2.32. The quantitative estimate of drug-likeness (QED) is 0.243. The lowest BCUT2D eigenvalue weighted by Crippen LogP contribution is -2.12. The Labute approximate surface area is 192 Å². The molecule has 0 aliphatic carbocycles. The molecule has 2 aromatic rings. The second-order valence-corrected chi connectivity index (χ2v) is 8.64. The first-order valence-corrected chi connectivity index (χ1v) is 11.9. The number of aromatic amines is 1. The number of H-pyrrole nitrogens is 1. The molecule has 0 aliphatic heterocycles. The average molecular weight is 442 g/mol. The predicted octanol–water partition coefficient (Wildman–Crippen LogP) is 7.04. The van der Waals surface area contributed by atoms with Gasteiger partial charge in [0.05, 0.1) is 12.1 Å². The summed E-state index contributed by atoms with van der Waals surface area (Å²) in [6.07, 6.45) is 13.3. The Morgan fingerprint density at radius 2 is 1.78 bits per heavy atom. The zero-order chi connectivity index (χ0) is 23.3. The predicted molar refractivity (Wildman–Crippen MR) is 133 cm³/mol. The summed E-state index contributed by atoms with van der Waals surface area (Å²) in [7, 11) is 0. The highest BCUT2D eigenvalue weighted by molar-refractivity contribution is 5.87. The minimum absolute atomic E-state index is 0.0494. The van der Waals surface area contributed by atoms with Gasteiger partial charge in [-0.15, -0.1) is 0 Å². The zero-order valence-electron chi connectivity index (χ0n) is 20.1. The number of fused-ring (bicyclic) bond motifs is 1. The molecule has 0 fully saturated rings. The largest absolute Gasteiger partial charge is 0.504 e. The van der Waals surface area contributed by atoms with E-state index < -0.39 is 5.56 Å². The van der Waals surface area contributed by atoms with Gasteiger partial charge in [-0.2, -0.15) is 0 Å². The molecule has 32 heavy (non-hydrogen) atoms. The average Bonchev–Trinajstić information content (AvgIpc) is 2.75. The van der Waals surface area contributed by atoms with E-state index in [0.29, 0.717) is 23.3 Å². The summed E-state index contributed by atoms with van der Waals surface area (Å²) in [5.74, 6) is 0.498. The van der Waals surface area contributed by atoms with Crippen LogP contribution in [0.25, 0.3) is 10.9 Å². The van der Waals surface area contributed by atoms with Crippen molar-refractivity contribution in [3.8, 4) is 17.2 Å². The van der Waals surface area contributed by atoms with Crippen LogP contribution in [0.15, 0.2) is 46.3 Å². The van der Waals surface area contributed by atoms with E-state index in [1.54, 1.807) is 12.1 Å². The Bertz CT molecular complexity index is 968. The SMILES string of the molecule is CCCCCCCCOc1ccc2c(O)c(OC/C=C(\C)CCC=C(C)C)c(=O)[nH]c2c1. The first-order chi connectivity index (χ1) is 15.4. The Balaban J connectivity index is 1.95. The van der Waals surface area contributed by atoms with Crippen molar-refractivity contribution in [2.75, 3.05) is 13.2 Å². The molecule has 5 nitrogen and oxygen atoms in total. The molecule has 0 saturated carbocycles. The Kier molecular flexibility index (Phi) is 10.9. The molecule has 0 bridgehead atoms. The molecule has 0 spiro atoms. The third-order valence-electron chi connectivity index (χ3n) is 5.43. The summed E-state index contributed by atoms with van der Waals surface area (Å²) in [6, 6.07) is 5.32. The van der Waals surface area contributed by atoms with Crippen LogP contribution >= 0.6 is 0 Å². The summed E-state index contributed by atoms with van der Waals surface area (Å²) in [5.41, 5.74) is 2.58. The van der Waals surface area contributed by atoms with Crippen LogP contribution in [-0.4, -0.2) is 23.3 Å². The fourth-order valence-electron chi connectivity index (χ4n) is 3.50. The maximum Gasteiger partial charge on any atom is 0.294 e. The van der Waals surface area contributed by atoms with Crippen LogP contribution in [0.3, 0.4) is 0 Å². The zero-order valence-corrected chi connectivity index (χ0v) is 20.1. The molecule has 0 saturated heterocycles. The molecule has 0 unspecified atom stereocenters. The van der Waals surface area contributed by atoms with E-state index in [9.17, 15) is 9.90 Å². The molecule has 5 heteroatoms. The monoisotopic (exact) mass is 441 g/mol. The number of pyridine rings is 1. The molecule has 1 aromatic carbocycles. The van der Waals surface area contributed by atoms with Gasteiger partial charge in [0, 0.05) is 11.5 Å². The minimum Gasteiger partial charge on any atom is -0.504 e. The van der Waals surface area contributed by atoms with E-state index in [1.165, 1.54) is 36.8 Å². The molecule has 0 radical (unpaired) electrons. The Morgan fingerprint density at radius 3 is 2.53 bits per heavy atom. The van der Waals surface area contributed by atoms with Gasteiger partial charge in [0.15, 0.2) is 5.75 Å². The first kappa shape index (κ1) is 25.6. The van der Waals surface area contributed by atoms with E-state index in [-0.39, 0.29) is 18.1 Å². The molecule has 0 atom stereocenters. The normalized spacial score (nSPS) is 11.6. The molecular weight excluding hydrogens is 402 g/mol. The van der Waals surface area contributed by atoms with Gasteiger partial charge in [-0.05, 0) is 58.2 Å². The smallest absolute Gasteiger partial charge is 0.294 e. The van der Waals surface area contributed by atoms with Crippen molar-refractivity contribution in [1.29, 1.82) is 0 Å². The van der Waals surface area contributed by atoms with E-state index >= 15 is 0 Å². The highest BCUT2D eigenvalue weighted by atomic mass is 16.5. The van der Waals surface area contributed by atoms with Crippen molar-refractivity contribution in [1.82, 2.24) is 4.98 Å². The van der Waals surface area contributed by atoms with Gasteiger partial charge in [-0.25, -0.2) is 0 Å². The van der Waals surface area contributed by atoms with Crippen LogP contribution in [0.5, 0.6) is 17.2 Å². The van der Waals surface area contributed by atoms with Crippen LogP contribution in [0.2, 0.25) is 0 Å². The van der Waals surface area contributed by atoms with E-state index in [1.807, 2.05) is 19.1 Å². The van der Waals surface area contributed by atoms with Crippen molar-refractivity contribution < 1.29 is 14.6 Å². The second-order valence-electron chi connectivity index (χ2n) is 8.64. The number of hydrogen-bond acceptors (Lipinski definition) is 4. The number of benzene rings is 1. The topological polar surface area (TPSA) is 71.5 Å². The summed E-state index contributed by atoms with van der Waals surface area (Å²) < 4.78 is 11.4. The summed E-state index contributed by atoms with van der Waals surface area (Å²) in [4.78, 5) is 15.3. The van der Waals surface area contributed by atoms with Gasteiger partial charge >= 0.3 is 0 Å². The number of allylic oxidation sites excluding steroid dienone is 3. The number of aromatic hydroxyl groups is 1. The van der Waals surface area contributed by atoms with Crippen LogP contribution in [0.4, 0.5) is 0 Å². The summed E-state index contributed by atoms with van der Waals surface area (Å²) >= 11 is 0. The molecule has 0 aliphatic rings. The highest BCUT2D eigenvalue weighted by Gasteiger charge is 2.13. The van der Waals surface area contributed by atoms with Crippen LogP contribution in [0.1, 0.15) is 79.1 Å². The fourth-order valence-corrected chi connectivity index (χ4v) is 3.50.